The summed E-state index contributed by atoms with van der Waals surface area (Å²) >= 11 is 0. The number of aliphatic hydroxyl groups is 4. The Morgan fingerprint density at radius 1 is 1.00 bits per heavy atom. The van der Waals surface area contributed by atoms with Gasteiger partial charge in [-0.1, -0.05) is 27.7 Å². The van der Waals surface area contributed by atoms with E-state index >= 15 is 0 Å². The van der Waals surface area contributed by atoms with E-state index in [-0.39, 0.29) is 35.2 Å². The molecule has 4 saturated carbocycles. The molecule has 0 unspecified atom stereocenters. The normalized spacial score (nSPS) is 52.3. The predicted octanol–water partition coefficient (Wildman–Crippen LogP) is 3.18. The number of hydrogen-bond donors (Lipinski definition) is 4. The number of carbonyl (C=O) groups is 1. The van der Waals surface area contributed by atoms with Crippen molar-refractivity contribution in [3.8, 4) is 0 Å². The van der Waals surface area contributed by atoms with Crippen molar-refractivity contribution in [2.24, 2.45) is 34.5 Å². The molecule has 6 nitrogen and oxygen atoms in total. The maximum Gasteiger partial charge on any atom is 0.309 e. The Balaban J connectivity index is 1.65. The second-order valence-corrected chi connectivity index (χ2v) is 12.1. The van der Waals surface area contributed by atoms with Gasteiger partial charge in [0, 0.05) is 0 Å². The molecule has 11 atom stereocenters. The van der Waals surface area contributed by atoms with Gasteiger partial charge in [0.2, 0.25) is 0 Å². The zero-order valence-electron chi connectivity index (χ0n) is 20.5. The predicted molar refractivity (Wildman–Crippen MR) is 121 cm³/mol. The third-order valence-electron chi connectivity index (χ3n) is 11.1. The maximum absolute atomic E-state index is 12.5. The van der Waals surface area contributed by atoms with Crippen LogP contribution in [-0.2, 0) is 9.53 Å². The highest BCUT2D eigenvalue weighted by Gasteiger charge is 2.76. The lowest BCUT2D eigenvalue weighted by Crippen LogP contribution is -2.72. The molecule has 4 N–H and O–H groups in total. The van der Waals surface area contributed by atoms with Gasteiger partial charge in [0.05, 0.1) is 29.1 Å². The van der Waals surface area contributed by atoms with Crippen LogP contribution in [0.25, 0.3) is 0 Å². The van der Waals surface area contributed by atoms with E-state index in [4.69, 9.17) is 4.74 Å². The van der Waals surface area contributed by atoms with E-state index in [9.17, 15) is 25.2 Å². The minimum atomic E-state index is -1.49. The van der Waals surface area contributed by atoms with Crippen LogP contribution in [-0.4, -0.2) is 55.9 Å². The minimum absolute atomic E-state index is 0.0149. The summed E-state index contributed by atoms with van der Waals surface area (Å²) in [7, 11) is 0. The summed E-state index contributed by atoms with van der Waals surface area (Å²) in [6.07, 6.45) is 4.21. The average molecular weight is 453 g/mol. The molecule has 0 radical (unpaired) electrons. The van der Waals surface area contributed by atoms with Gasteiger partial charge >= 0.3 is 5.97 Å². The number of ether oxygens (including phenoxy) is 1. The molecule has 184 valence electrons. The number of fused-ring (bicyclic) bond motifs is 5. The molecular weight excluding hydrogens is 408 g/mol. The summed E-state index contributed by atoms with van der Waals surface area (Å²) in [5.74, 6) is -0.0551. The summed E-state index contributed by atoms with van der Waals surface area (Å²) in [6, 6.07) is 0. The first-order valence-electron chi connectivity index (χ1n) is 12.9. The van der Waals surface area contributed by atoms with Crippen molar-refractivity contribution in [3.63, 3.8) is 0 Å². The number of carbonyl (C=O) groups excluding carboxylic acids is 1. The molecule has 0 aromatic carbocycles. The second kappa shape index (κ2) is 7.93. The van der Waals surface area contributed by atoms with Crippen LogP contribution in [0.4, 0.5) is 0 Å². The minimum Gasteiger partial charge on any atom is -0.459 e. The van der Waals surface area contributed by atoms with Crippen molar-refractivity contribution in [1.82, 2.24) is 0 Å². The van der Waals surface area contributed by atoms with Gasteiger partial charge in [-0.25, -0.2) is 0 Å². The molecule has 0 spiro atoms. The van der Waals surface area contributed by atoms with Gasteiger partial charge < -0.3 is 25.2 Å². The van der Waals surface area contributed by atoms with Crippen molar-refractivity contribution in [1.29, 1.82) is 0 Å². The smallest absolute Gasteiger partial charge is 0.309 e. The quantitative estimate of drug-likeness (QED) is 0.488. The number of aliphatic hydroxyl groups excluding tert-OH is 2. The van der Waals surface area contributed by atoms with Gasteiger partial charge in [-0.15, -0.1) is 0 Å². The summed E-state index contributed by atoms with van der Waals surface area (Å²) in [5, 5.41) is 46.0. The molecule has 0 aliphatic heterocycles. The van der Waals surface area contributed by atoms with E-state index in [1.807, 2.05) is 20.8 Å². The van der Waals surface area contributed by atoms with Crippen LogP contribution >= 0.6 is 0 Å². The molecule has 0 aromatic heterocycles. The molecular formula is C26H44O6. The summed E-state index contributed by atoms with van der Waals surface area (Å²) in [5.41, 5.74) is -3.90. The fourth-order valence-electron chi connectivity index (χ4n) is 8.46. The van der Waals surface area contributed by atoms with Gasteiger partial charge in [-0.2, -0.15) is 0 Å². The highest BCUT2D eigenvalue weighted by Crippen LogP contribution is 2.70. The molecule has 0 heterocycles. The second-order valence-electron chi connectivity index (χ2n) is 12.1. The van der Waals surface area contributed by atoms with Gasteiger partial charge in [0.1, 0.15) is 11.7 Å². The standard InChI is InChI=1S/C26H44O6/c1-6-15(2)22(29)32-16(3)25(30)11-12-26(31)19-8-7-17-13-18(27)9-10-23(17,4)20(19)14-21(28)24(25,26)5/h15-21,27-28,30-31H,6-14H2,1-5H3/t15-,16+,17+,18-,19-,20+,21+,23-,24-,25+,26+/m1/s1. The first-order chi connectivity index (χ1) is 14.8. The van der Waals surface area contributed by atoms with Gasteiger partial charge in [0.25, 0.3) is 0 Å². The lowest BCUT2D eigenvalue weighted by atomic mass is 9.42. The summed E-state index contributed by atoms with van der Waals surface area (Å²) in [6.45, 7) is 9.54. The monoisotopic (exact) mass is 452 g/mol. The topological polar surface area (TPSA) is 107 Å². The van der Waals surface area contributed by atoms with Crippen LogP contribution in [0, 0.1) is 34.5 Å². The molecule has 32 heavy (non-hydrogen) atoms. The van der Waals surface area contributed by atoms with Crippen molar-refractivity contribution >= 4 is 5.97 Å². The van der Waals surface area contributed by atoms with E-state index < -0.39 is 28.8 Å². The Hall–Kier alpha value is -0.690. The van der Waals surface area contributed by atoms with Crippen LogP contribution in [0.3, 0.4) is 0 Å². The summed E-state index contributed by atoms with van der Waals surface area (Å²) in [4.78, 5) is 12.5. The molecule has 4 fully saturated rings. The number of hydrogen-bond acceptors (Lipinski definition) is 6. The number of rotatable bonds is 4. The van der Waals surface area contributed by atoms with Crippen LogP contribution in [0.5, 0.6) is 0 Å². The maximum atomic E-state index is 12.5. The molecule has 0 aromatic rings. The van der Waals surface area contributed by atoms with Crippen molar-refractivity contribution in [3.05, 3.63) is 0 Å². The van der Waals surface area contributed by atoms with Gasteiger partial charge in [0.15, 0.2) is 0 Å². The van der Waals surface area contributed by atoms with Crippen LogP contribution in [0.2, 0.25) is 0 Å². The van der Waals surface area contributed by atoms with E-state index in [1.54, 1.807) is 6.92 Å². The Bertz CT molecular complexity index is 742. The van der Waals surface area contributed by atoms with Crippen molar-refractivity contribution in [2.45, 2.75) is 122 Å². The summed E-state index contributed by atoms with van der Waals surface area (Å²) < 4.78 is 5.71. The third-order valence-corrected chi connectivity index (χ3v) is 11.1. The fourth-order valence-corrected chi connectivity index (χ4v) is 8.46. The highest BCUT2D eigenvalue weighted by molar-refractivity contribution is 5.72. The molecule has 0 bridgehead atoms. The van der Waals surface area contributed by atoms with Crippen LogP contribution in [0.15, 0.2) is 0 Å². The third kappa shape index (κ3) is 3.08. The Kier molecular flexibility index (Phi) is 6.05. The molecule has 6 heteroatoms. The molecule has 4 aliphatic rings. The molecule has 4 rings (SSSR count). The van der Waals surface area contributed by atoms with Crippen LogP contribution < -0.4 is 0 Å². The zero-order valence-corrected chi connectivity index (χ0v) is 20.5. The van der Waals surface area contributed by atoms with Crippen LogP contribution in [0.1, 0.15) is 92.4 Å². The Morgan fingerprint density at radius 2 is 1.69 bits per heavy atom. The van der Waals surface area contributed by atoms with E-state index in [0.717, 1.165) is 32.1 Å². The van der Waals surface area contributed by atoms with Gasteiger partial charge in [-0.05, 0) is 87.9 Å². The largest absolute Gasteiger partial charge is 0.459 e. The fraction of sp³-hybridized carbons (Fsp3) is 0.962. The SMILES string of the molecule is CC[C@@H](C)C(=O)O[C@@H](C)[C@@]1(O)CC[C@]2(O)[C@@H]3CC[C@H]4C[C@H](O)CC[C@@]4(C)[C@H]3C[C@H](O)[C@]12C. The molecule has 0 amide bonds. The lowest BCUT2D eigenvalue weighted by molar-refractivity contribution is -0.288. The lowest BCUT2D eigenvalue weighted by Gasteiger charge is -2.65. The average Bonchev–Trinajstić information content (AvgIpc) is 2.98. The highest BCUT2D eigenvalue weighted by atomic mass is 16.6. The van der Waals surface area contributed by atoms with E-state index in [2.05, 4.69) is 6.92 Å². The first kappa shape index (κ1) is 24.4. The first-order valence-corrected chi connectivity index (χ1v) is 12.9. The molecule has 0 saturated heterocycles. The number of esters is 1. The van der Waals surface area contributed by atoms with Crippen molar-refractivity contribution in [2.75, 3.05) is 0 Å². The van der Waals surface area contributed by atoms with E-state index in [0.29, 0.717) is 31.6 Å². The van der Waals surface area contributed by atoms with Crippen molar-refractivity contribution < 1.29 is 30.0 Å². The van der Waals surface area contributed by atoms with E-state index in [1.165, 1.54) is 0 Å². The Morgan fingerprint density at radius 3 is 2.34 bits per heavy atom. The van der Waals surface area contributed by atoms with Gasteiger partial charge in [-0.3, -0.25) is 4.79 Å². The zero-order chi connectivity index (χ0) is 23.7. The molecule has 4 aliphatic carbocycles. The Labute approximate surface area is 192 Å².